The van der Waals surface area contributed by atoms with E-state index in [4.69, 9.17) is 12.6 Å². The molecular formula is C16H19BBrN3O. The second-order valence-corrected chi connectivity index (χ2v) is 6.93. The van der Waals surface area contributed by atoms with Gasteiger partial charge in [-0.1, -0.05) is 15.9 Å². The molecule has 0 spiro atoms. The molecular weight excluding hydrogens is 341 g/mol. The van der Waals surface area contributed by atoms with Gasteiger partial charge < -0.3 is 9.64 Å². The maximum Gasteiger partial charge on any atom is 0.170 e. The Bertz CT molecular complexity index is 672. The van der Waals surface area contributed by atoms with Gasteiger partial charge in [0.1, 0.15) is 17.4 Å². The molecule has 0 amide bonds. The predicted molar refractivity (Wildman–Crippen MR) is 93.0 cm³/mol. The fraction of sp³-hybridized carbons (Fsp3) is 0.500. The molecule has 1 fully saturated rings. The molecule has 1 aliphatic rings. The van der Waals surface area contributed by atoms with Crippen molar-refractivity contribution in [2.24, 2.45) is 0 Å². The van der Waals surface area contributed by atoms with Gasteiger partial charge in [0.2, 0.25) is 0 Å². The lowest BCUT2D eigenvalue weighted by Crippen LogP contribution is -2.41. The van der Waals surface area contributed by atoms with Crippen LogP contribution in [-0.2, 0) is 0 Å². The molecule has 0 aliphatic carbocycles. The monoisotopic (exact) mass is 359 g/mol. The third-order valence-corrected chi connectivity index (χ3v) is 4.59. The standard InChI is InChI=1S/C16H19BBrN3O/c1-10(2)21-5-3-13(4-6-21)22-14-8-12(18)7-11-9-19-16(17)20-15(11)14/h7-10,13H,3-6H2,1-2H3. The van der Waals surface area contributed by atoms with Gasteiger partial charge in [0, 0.05) is 35.2 Å². The molecule has 0 N–H and O–H groups in total. The van der Waals surface area contributed by atoms with Crippen molar-refractivity contribution >= 4 is 40.4 Å². The number of fused-ring (bicyclic) bond motifs is 1. The second kappa shape index (κ2) is 6.55. The number of likely N-dealkylation sites (tertiary alicyclic amines) is 1. The average Bonchev–Trinajstić information content (AvgIpc) is 2.48. The maximum absolute atomic E-state index is 6.23. The average molecular weight is 360 g/mol. The quantitative estimate of drug-likeness (QED) is 0.789. The first-order chi connectivity index (χ1) is 10.5. The first-order valence-electron chi connectivity index (χ1n) is 7.65. The molecule has 2 radical (unpaired) electrons. The SMILES string of the molecule is [B]c1ncc2cc(Br)cc(OC3CCN(C(C)C)CC3)c2n1. The lowest BCUT2D eigenvalue weighted by atomic mass is 10.1. The Morgan fingerprint density at radius 1 is 1.32 bits per heavy atom. The third-order valence-electron chi connectivity index (χ3n) is 4.13. The summed E-state index contributed by atoms with van der Waals surface area (Å²) in [6, 6.07) is 4.53. The van der Waals surface area contributed by atoms with Crippen LogP contribution in [-0.4, -0.2) is 47.9 Å². The van der Waals surface area contributed by atoms with Crippen molar-refractivity contribution in [1.29, 1.82) is 0 Å². The Hall–Kier alpha value is -1.14. The number of aromatic nitrogens is 2. The van der Waals surface area contributed by atoms with Crippen molar-refractivity contribution in [3.8, 4) is 5.75 Å². The van der Waals surface area contributed by atoms with Gasteiger partial charge in [-0.15, -0.1) is 0 Å². The van der Waals surface area contributed by atoms with Crippen LogP contribution < -0.4 is 10.5 Å². The zero-order chi connectivity index (χ0) is 15.7. The van der Waals surface area contributed by atoms with E-state index in [1.165, 1.54) is 0 Å². The van der Waals surface area contributed by atoms with Gasteiger partial charge in [-0.05, 0) is 38.8 Å². The molecule has 22 heavy (non-hydrogen) atoms. The van der Waals surface area contributed by atoms with E-state index in [1.54, 1.807) is 6.20 Å². The Morgan fingerprint density at radius 2 is 2.05 bits per heavy atom. The molecule has 0 bridgehead atoms. The molecule has 4 nitrogen and oxygen atoms in total. The van der Waals surface area contributed by atoms with Crippen molar-refractivity contribution in [3.05, 3.63) is 22.8 Å². The number of hydrogen-bond donors (Lipinski definition) is 0. The zero-order valence-corrected chi connectivity index (χ0v) is 14.5. The molecule has 1 saturated heterocycles. The number of piperidine rings is 1. The Morgan fingerprint density at radius 3 is 2.73 bits per heavy atom. The molecule has 1 aromatic carbocycles. The molecule has 6 heteroatoms. The van der Waals surface area contributed by atoms with Gasteiger partial charge in [0.05, 0.1) is 5.72 Å². The highest BCUT2D eigenvalue weighted by Crippen LogP contribution is 2.30. The van der Waals surface area contributed by atoms with E-state index in [0.717, 1.165) is 47.1 Å². The Labute approximate surface area is 140 Å². The van der Waals surface area contributed by atoms with Gasteiger partial charge in [0.25, 0.3) is 0 Å². The highest BCUT2D eigenvalue weighted by Gasteiger charge is 2.23. The molecule has 0 saturated carbocycles. The van der Waals surface area contributed by atoms with E-state index in [1.807, 2.05) is 12.1 Å². The minimum absolute atomic E-state index is 0.226. The third kappa shape index (κ3) is 3.44. The first-order valence-corrected chi connectivity index (χ1v) is 8.44. The van der Waals surface area contributed by atoms with Crippen LogP contribution in [0.1, 0.15) is 26.7 Å². The summed E-state index contributed by atoms with van der Waals surface area (Å²) in [5.41, 5.74) is 1.05. The maximum atomic E-state index is 6.23. The molecule has 114 valence electrons. The van der Waals surface area contributed by atoms with E-state index < -0.39 is 0 Å². The molecule has 1 aliphatic heterocycles. The highest BCUT2D eigenvalue weighted by atomic mass is 79.9. The molecule has 2 aromatic rings. The summed E-state index contributed by atoms with van der Waals surface area (Å²) < 4.78 is 7.19. The van der Waals surface area contributed by atoms with Gasteiger partial charge in [-0.25, -0.2) is 4.98 Å². The zero-order valence-electron chi connectivity index (χ0n) is 12.9. The smallest absolute Gasteiger partial charge is 0.170 e. The van der Waals surface area contributed by atoms with Crippen LogP contribution in [0.3, 0.4) is 0 Å². The number of rotatable bonds is 3. The number of halogens is 1. The minimum Gasteiger partial charge on any atom is -0.488 e. The molecule has 1 aromatic heterocycles. The lowest BCUT2D eigenvalue weighted by Gasteiger charge is -2.34. The van der Waals surface area contributed by atoms with Crippen LogP contribution in [0.5, 0.6) is 5.75 Å². The van der Waals surface area contributed by atoms with Crippen molar-refractivity contribution in [3.63, 3.8) is 0 Å². The summed E-state index contributed by atoms with van der Waals surface area (Å²) in [4.78, 5) is 10.9. The number of hydrogen-bond acceptors (Lipinski definition) is 4. The molecule has 2 heterocycles. The van der Waals surface area contributed by atoms with Gasteiger partial charge >= 0.3 is 0 Å². The lowest BCUT2D eigenvalue weighted by molar-refractivity contribution is 0.0851. The van der Waals surface area contributed by atoms with E-state index >= 15 is 0 Å². The largest absolute Gasteiger partial charge is 0.488 e. The molecule has 0 atom stereocenters. The summed E-state index contributed by atoms with van der Waals surface area (Å²) >= 11 is 3.52. The van der Waals surface area contributed by atoms with Gasteiger partial charge in [0.15, 0.2) is 7.85 Å². The van der Waals surface area contributed by atoms with Crippen molar-refractivity contribution in [2.75, 3.05) is 13.1 Å². The topological polar surface area (TPSA) is 38.2 Å². The Kier molecular flexibility index (Phi) is 4.69. The van der Waals surface area contributed by atoms with Crippen LogP contribution in [0, 0.1) is 0 Å². The molecule has 0 unspecified atom stereocenters. The number of nitrogens with zero attached hydrogens (tertiary/aromatic N) is 3. The molecule has 3 rings (SSSR count). The number of benzene rings is 1. The van der Waals surface area contributed by atoms with Crippen LogP contribution in [0.2, 0.25) is 0 Å². The van der Waals surface area contributed by atoms with Crippen LogP contribution in [0.15, 0.2) is 22.8 Å². The van der Waals surface area contributed by atoms with Crippen LogP contribution in [0.4, 0.5) is 0 Å². The summed E-state index contributed by atoms with van der Waals surface area (Å²) in [5.74, 6) is 0.779. The van der Waals surface area contributed by atoms with Crippen molar-refractivity contribution < 1.29 is 4.74 Å². The first kappa shape index (κ1) is 15.7. The van der Waals surface area contributed by atoms with E-state index in [0.29, 0.717) is 6.04 Å². The highest BCUT2D eigenvalue weighted by molar-refractivity contribution is 9.10. The fourth-order valence-electron chi connectivity index (χ4n) is 2.87. The Balaban J connectivity index is 1.81. The normalized spacial score (nSPS) is 17.3. The van der Waals surface area contributed by atoms with Crippen molar-refractivity contribution in [2.45, 2.75) is 38.8 Å². The van der Waals surface area contributed by atoms with Gasteiger partial charge in [-0.2, -0.15) is 0 Å². The van der Waals surface area contributed by atoms with E-state index in [2.05, 4.69) is 44.6 Å². The summed E-state index contributed by atoms with van der Waals surface area (Å²) in [7, 11) is 5.72. The van der Waals surface area contributed by atoms with E-state index in [9.17, 15) is 0 Å². The number of ether oxygens (including phenoxy) is 1. The van der Waals surface area contributed by atoms with Crippen molar-refractivity contribution in [1.82, 2.24) is 14.9 Å². The fourth-order valence-corrected chi connectivity index (χ4v) is 3.33. The second-order valence-electron chi connectivity index (χ2n) is 6.02. The minimum atomic E-state index is 0.226. The van der Waals surface area contributed by atoms with Gasteiger partial charge in [-0.3, -0.25) is 4.98 Å². The van der Waals surface area contributed by atoms with Crippen LogP contribution >= 0.6 is 15.9 Å². The predicted octanol–water partition coefficient (Wildman–Crippen LogP) is 2.44. The summed E-state index contributed by atoms with van der Waals surface area (Å²) in [5, 5.41) is 0.929. The summed E-state index contributed by atoms with van der Waals surface area (Å²) in [6.07, 6.45) is 4.03. The van der Waals surface area contributed by atoms with Crippen LogP contribution in [0.25, 0.3) is 10.9 Å². The van der Waals surface area contributed by atoms with E-state index in [-0.39, 0.29) is 11.8 Å². The summed E-state index contributed by atoms with van der Waals surface area (Å²) in [6.45, 7) is 6.63.